The van der Waals surface area contributed by atoms with Gasteiger partial charge in [0.2, 0.25) is 0 Å². The lowest BCUT2D eigenvalue weighted by Crippen LogP contribution is -2.02. The maximum absolute atomic E-state index is 5.96. The second-order valence-electron chi connectivity index (χ2n) is 3.41. The molecule has 0 unspecified atom stereocenters. The van der Waals surface area contributed by atoms with Crippen LogP contribution < -0.4 is 10.5 Å². The topological polar surface area (TPSA) is 48.1 Å². The van der Waals surface area contributed by atoms with Crippen LogP contribution in [0.1, 0.15) is 12.6 Å². The monoisotopic (exact) mass is 236 g/mol. The summed E-state index contributed by atoms with van der Waals surface area (Å²) in [6.07, 6.45) is 0. The lowest BCUT2D eigenvalue weighted by Gasteiger charge is -2.09. The van der Waals surface area contributed by atoms with E-state index in [0.29, 0.717) is 18.2 Å². The van der Waals surface area contributed by atoms with Crippen molar-refractivity contribution < 1.29 is 4.74 Å². The van der Waals surface area contributed by atoms with Crippen LogP contribution in [0.3, 0.4) is 0 Å². The molecule has 0 aliphatic heterocycles. The minimum atomic E-state index is 0.401. The first-order valence-corrected chi connectivity index (χ1v) is 5.54. The third kappa shape index (κ3) is 2.10. The van der Waals surface area contributed by atoms with Crippen molar-refractivity contribution in [1.82, 2.24) is 4.98 Å². The fraction of sp³-hybridized carbons (Fsp3) is 0.250. The highest BCUT2D eigenvalue weighted by Crippen LogP contribution is 2.28. The Kier molecular flexibility index (Phi) is 3.27. The highest BCUT2D eigenvalue weighted by Gasteiger charge is 2.06. The third-order valence-corrected chi connectivity index (χ3v) is 2.53. The molecule has 2 aromatic rings. The largest absolute Gasteiger partial charge is 0.493 e. The molecule has 0 fully saturated rings. The van der Waals surface area contributed by atoms with Crippen LogP contribution >= 0.6 is 11.6 Å². The third-order valence-electron chi connectivity index (χ3n) is 2.29. The van der Waals surface area contributed by atoms with Gasteiger partial charge in [-0.25, -0.2) is 0 Å². The molecule has 0 atom stereocenters. The number of fused-ring (bicyclic) bond motifs is 1. The molecular weight excluding hydrogens is 224 g/mol. The van der Waals surface area contributed by atoms with Crippen molar-refractivity contribution >= 4 is 22.5 Å². The Morgan fingerprint density at radius 1 is 1.38 bits per heavy atom. The standard InChI is InChI=1S/C12H13ClN2O/c1-2-16-12-6-9(7-14)15-11-4-3-8(13)5-10(11)12/h3-6H,2,7,14H2,1H3. The summed E-state index contributed by atoms with van der Waals surface area (Å²) in [5.41, 5.74) is 7.27. The minimum absolute atomic E-state index is 0.401. The smallest absolute Gasteiger partial charge is 0.130 e. The molecule has 0 amide bonds. The Bertz CT molecular complexity index is 514. The van der Waals surface area contributed by atoms with Crippen molar-refractivity contribution in [1.29, 1.82) is 0 Å². The molecule has 16 heavy (non-hydrogen) atoms. The molecule has 4 heteroatoms. The van der Waals surface area contributed by atoms with Gasteiger partial charge in [-0.05, 0) is 25.1 Å². The molecule has 1 aromatic carbocycles. The van der Waals surface area contributed by atoms with Crippen LogP contribution in [-0.4, -0.2) is 11.6 Å². The highest BCUT2D eigenvalue weighted by molar-refractivity contribution is 6.31. The Morgan fingerprint density at radius 2 is 2.19 bits per heavy atom. The first-order valence-electron chi connectivity index (χ1n) is 5.16. The zero-order valence-electron chi connectivity index (χ0n) is 9.03. The van der Waals surface area contributed by atoms with Gasteiger partial charge in [0.1, 0.15) is 5.75 Å². The van der Waals surface area contributed by atoms with E-state index < -0.39 is 0 Å². The average molecular weight is 237 g/mol. The summed E-state index contributed by atoms with van der Waals surface area (Å²) in [4.78, 5) is 4.41. The van der Waals surface area contributed by atoms with Gasteiger partial charge in [-0.3, -0.25) is 4.98 Å². The highest BCUT2D eigenvalue weighted by atomic mass is 35.5. The Hall–Kier alpha value is -1.32. The first-order chi connectivity index (χ1) is 7.74. The summed E-state index contributed by atoms with van der Waals surface area (Å²) >= 11 is 5.96. The van der Waals surface area contributed by atoms with E-state index in [4.69, 9.17) is 22.1 Å². The normalized spacial score (nSPS) is 10.7. The molecule has 0 aliphatic rings. The van der Waals surface area contributed by atoms with Crippen molar-refractivity contribution in [3.05, 3.63) is 35.0 Å². The van der Waals surface area contributed by atoms with Crippen molar-refractivity contribution in [3.8, 4) is 5.75 Å². The average Bonchev–Trinajstić information content (AvgIpc) is 2.30. The second kappa shape index (κ2) is 4.68. The Morgan fingerprint density at radius 3 is 2.88 bits per heavy atom. The fourth-order valence-corrected chi connectivity index (χ4v) is 1.77. The summed E-state index contributed by atoms with van der Waals surface area (Å²) in [5.74, 6) is 0.787. The fourth-order valence-electron chi connectivity index (χ4n) is 1.60. The number of benzene rings is 1. The lowest BCUT2D eigenvalue weighted by atomic mass is 10.2. The van der Waals surface area contributed by atoms with E-state index in [1.807, 2.05) is 31.2 Å². The molecule has 0 spiro atoms. The molecular formula is C12H13ClN2O. The number of rotatable bonds is 3. The van der Waals surface area contributed by atoms with Gasteiger partial charge in [-0.2, -0.15) is 0 Å². The Balaban J connectivity index is 2.66. The number of ether oxygens (including phenoxy) is 1. The molecule has 0 radical (unpaired) electrons. The van der Waals surface area contributed by atoms with Gasteiger partial charge in [0.05, 0.1) is 17.8 Å². The number of halogens is 1. The number of nitrogens with two attached hydrogens (primary N) is 1. The number of nitrogens with zero attached hydrogens (tertiary/aromatic N) is 1. The molecule has 0 aliphatic carbocycles. The molecule has 0 saturated carbocycles. The summed E-state index contributed by atoms with van der Waals surface area (Å²) in [6.45, 7) is 2.95. The van der Waals surface area contributed by atoms with Crippen LogP contribution in [0, 0.1) is 0 Å². The van der Waals surface area contributed by atoms with Gasteiger partial charge in [0.25, 0.3) is 0 Å². The molecule has 1 heterocycles. The number of aromatic nitrogens is 1. The summed E-state index contributed by atoms with van der Waals surface area (Å²) in [5, 5.41) is 1.60. The van der Waals surface area contributed by atoms with Crippen molar-refractivity contribution in [2.75, 3.05) is 6.61 Å². The van der Waals surface area contributed by atoms with Gasteiger partial charge in [0.15, 0.2) is 0 Å². The van der Waals surface area contributed by atoms with Gasteiger partial charge >= 0.3 is 0 Å². The van der Waals surface area contributed by atoms with Crippen molar-refractivity contribution in [2.24, 2.45) is 5.73 Å². The molecule has 84 valence electrons. The number of hydrogen-bond donors (Lipinski definition) is 1. The van der Waals surface area contributed by atoms with E-state index in [-0.39, 0.29) is 0 Å². The molecule has 3 nitrogen and oxygen atoms in total. The molecule has 2 rings (SSSR count). The van der Waals surface area contributed by atoms with Crippen molar-refractivity contribution in [2.45, 2.75) is 13.5 Å². The van der Waals surface area contributed by atoms with E-state index >= 15 is 0 Å². The summed E-state index contributed by atoms with van der Waals surface area (Å²) in [6, 6.07) is 7.41. The maximum atomic E-state index is 5.96. The van der Waals surface area contributed by atoms with E-state index in [1.165, 1.54) is 0 Å². The zero-order chi connectivity index (χ0) is 11.5. The van der Waals surface area contributed by atoms with Crippen LogP contribution in [0.4, 0.5) is 0 Å². The predicted molar refractivity (Wildman–Crippen MR) is 65.8 cm³/mol. The van der Waals surface area contributed by atoms with Crippen LogP contribution in [-0.2, 0) is 6.54 Å². The van der Waals surface area contributed by atoms with Crippen molar-refractivity contribution in [3.63, 3.8) is 0 Å². The van der Waals surface area contributed by atoms with Crippen LogP contribution in [0.15, 0.2) is 24.3 Å². The van der Waals surface area contributed by atoms with Gasteiger partial charge in [-0.1, -0.05) is 11.6 Å². The molecule has 0 saturated heterocycles. The van der Waals surface area contributed by atoms with E-state index in [2.05, 4.69) is 4.98 Å². The van der Waals surface area contributed by atoms with Gasteiger partial charge in [-0.15, -0.1) is 0 Å². The maximum Gasteiger partial charge on any atom is 0.130 e. The number of hydrogen-bond acceptors (Lipinski definition) is 3. The van der Waals surface area contributed by atoms with E-state index in [9.17, 15) is 0 Å². The van der Waals surface area contributed by atoms with E-state index in [1.54, 1.807) is 0 Å². The van der Waals surface area contributed by atoms with Crippen LogP contribution in [0.5, 0.6) is 5.75 Å². The molecule has 1 aromatic heterocycles. The second-order valence-corrected chi connectivity index (χ2v) is 3.85. The van der Waals surface area contributed by atoms with Crippen LogP contribution in [0.25, 0.3) is 10.9 Å². The SMILES string of the molecule is CCOc1cc(CN)nc2ccc(Cl)cc12. The van der Waals surface area contributed by atoms with Gasteiger partial charge < -0.3 is 10.5 Å². The quantitative estimate of drug-likeness (QED) is 0.892. The predicted octanol–water partition coefficient (Wildman–Crippen LogP) is 2.75. The summed E-state index contributed by atoms with van der Waals surface area (Å²) < 4.78 is 5.56. The minimum Gasteiger partial charge on any atom is -0.493 e. The number of pyridine rings is 1. The van der Waals surface area contributed by atoms with Gasteiger partial charge in [0, 0.05) is 23.0 Å². The first kappa shape index (κ1) is 11.2. The zero-order valence-corrected chi connectivity index (χ0v) is 9.79. The van der Waals surface area contributed by atoms with E-state index in [0.717, 1.165) is 22.3 Å². The molecule has 2 N–H and O–H groups in total. The molecule has 0 bridgehead atoms. The van der Waals surface area contributed by atoms with Crippen LogP contribution in [0.2, 0.25) is 5.02 Å². The lowest BCUT2D eigenvalue weighted by molar-refractivity contribution is 0.343. The Labute approximate surface area is 99.2 Å². The summed E-state index contributed by atoms with van der Waals surface area (Å²) in [7, 11) is 0.